The molecule has 2 heteroatoms. The lowest BCUT2D eigenvalue weighted by Crippen LogP contribution is -2.33. The summed E-state index contributed by atoms with van der Waals surface area (Å²) in [7, 11) is 0. The third-order valence-electron chi connectivity index (χ3n) is 2.12. The van der Waals surface area contributed by atoms with Gasteiger partial charge in [0.1, 0.15) is 6.10 Å². The van der Waals surface area contributed by atoms with Gasteiger partial charge in [0.15, 0.2) is 0 Å². The summed E-state index contributed by atoms with van der Waals surface area (Å²) in [4.78, 5) is 0. The molecule has 0 amide bonds. The highest BCUT2D eigenvalue weighted by molar-refractivity contribution is 5.07. The van der Waals surface area contributed by atoms with Gasteiger partial charge < -0.3 is 9.84 Å². The predicted molar refractivity (Wildman–Crippen MR) is 44.4 cm³/mol. The highest BCUT2D eigenvalue weighted by atomic mass is 16.6. The standard InChI is InChI=1S/C9H16O2/c1-5-6-9(4,10)7-8(2,3)11-7/h5,7,10H,1,6H2,2-4H3. The van der Waals surface area contributed by atoms with Crippen molar-refractivity contribution in [2.24, 2.45) is 0 Å². The minimum absolute atomic E-state index is 0.0343. The molecule has 0 aromatic rings. The van der Waals surface area contributed by atoms with E-state index in [2.05, 4.69) is 6.58 Å². The van der Waals surface area contributed by atoms with Crippen LogP contribution in [0, 0.1) is 0 Å². The van der Waals surface area contributed by atoms with Gasteiger partial charge in [-0.2, -0.15) is 0 Å². The smallest absolute Gasteiger partial charge is 0.115 e. The Bertz CT molecular complexity index is 170. The van der Waals surface area contributed by atoms with Crippen LogP contribution in [0.25, 0.3) is 0 Å². The molecule has 0 radical (unpaired) electrons. The van der Waals surface area contributed by atoms with Crippen molar-refractivity contribution in [1.82, 2.24) is 0 Å². The number of hydrogen-bond acceptors (Lipinski definition) is 2. The quantitative estimate of drug-likeness (QED) is 0.496. The van der Waals surface area contributed by atoms with Crippen LogP contribution < -0.4 is 0 Å². The molecular formula is C9H16O2. The minimum atomic E-state index is -0.745. The summed E-state index contributed by atoms with van der Waals surface area (Å²) in [5.41, 5.74) is -0.891. The van der Waals surface area contributed by atoms with Gasteiger partial charge in [0.05, 0.1) is 11.2 Å². The average molecular weight is 156 g/mol. The molecule has 64 valence electrons. The van der Waals surface area contributed by atoms with Crippen LogP contribution in [0.4, 0.5) is 0 Å². The molecule has 0 saturated carbocycles. The van der Waals surface area contributed by atoms with Gasteiger partial charge in [-0.25, -0.2) is 0 Å². The Kier molecular flexibility index (Phi) is 1.85. The van der Waals surface area contributed by atoms with Gasteiger partial charge in [0.25, 0.3) is 0 Å². The largest absolute Gasteiger partial charge is 0.387 e. The fourth-order valence-corrected chi connectivity index (χ4v) is 1.54. The fraction of sp³-hybridized carbons (Fsp3) is 0.778. The Hall–Kier alpha value is -0.340. The lowest BCUT2D eigenvalue weighted by molar-refractivity contribution is 0.0326. The molecule has 1 heterocycles. The number of aliphatic hydroxyl groups is 1. The van der Waals surface area contributed by atoms with E-state index in [9.17, 15) is 5.11 Å². The van der Waals surface area contributed by atoms with Crippen LogP contribution in [0.15, 0.2) is 12.7 Å². The molecule has 2 atom stereocenters. The second-order valence-electron chi connectivity index (χ2n) is 3.95. The van der Waals surface area contributed by atoms with E-state index in [0.717, 1.165) is 0 Å². The van der Waals surface area contributed by atoms with Gasteiger partial charge in [-0.05, 0) is 27.2 Å². The molecule has 0 bridgehead atoms. The van der Waals surface area contributed by atoms with E-state index in [4.69, 9.17) is 4.74 Å². The summed E-state index contributed by atoms with van der Waals surface area (Å²) in [6, 6.07) is 0. The van der Waals surface area contributed by atoms with Crippen LogP contribution in [0.5, 0.6) is 0 Å². The molecule has 2 nitrogen and oxygen atoms in total. The third kappa shape index (κ3) is 1.63. The summed E-state index contributed by atoms with van der Waals surface area (Å²) in [6.45, 7) is 9.34. The second-order valence-corrected chi connectivity index (χ2v) is 3.95. The van der Waals surface area contributed by atoms with E-state index in [0.29, 0.717) is 6.42 Å². The molecule has 1 rings (SSSR count). The normalized spacial score (nSPS) is 32.5. The highest BCUT2D eigenvalue weighted by Crippen LogP contribution is 2.43. The average Bonchev–Trinajstić information content (AvgIpc) is 2.41. The first-order valence-electron chi connectivity index (χ1n) is 3.91. The van der Waals surface area contributed by atoms with Gasteiger partial charge in [-0.3, -0.25) is 0 Å². The number of epoxide rings is 1. The lowest BCUT2D eigenvalue weighted by atomic mass is 9.91. The summed E-state index contributed by atoms with van der Waals surface area (Å²) in [6.07, 6.45) is 2.27. The van der Waals surface area contributed by atoms with Crippen molar-refractivity contribution in [3.05, 3.63) is 12.7 Å². The summed E-state index contributed by atoms with van der Waals surface area (Å²) < 4.78 is 5.32. The van der Waals surface area contributed by atoms with Crippen molar-refractivity contribution in [2.75, 3.05) is 0 Å². The van der Waals surface area contributed by atoms with E-state index in [1.165, 1.54) is 0 Å². The van der Waals surface area contributed by atoms with Crippen molar-refractivity contribution in [1.29, 1.82) is 0 Å². The van der Waals surface area contributed by atoms with Crippen LogP contribution >= 0.6 is 0 Å². The second kappa shape index (κ2) is 2.32. The van der Waals surface area contributed by atoms with Gasteiger partial charge in [-0.1, -0.05) is 6.08 Å². The topological polar surface area (TPSA) is 32.8 Å². The van der Waals surface area contributed by atoms with E-state index in [1.54, 1.807) is 13.0 Å². The first kappa shape index (κ1) is 8.75. The lowest BCUT2D eigenvalue weighted by Gasteiger charge is -2.19. The fourth-order valence-electron chi connectivity index (χ4n) is 1.54. The molecule has 0 aromatic carbocycles. The summed E-state index contributed by atoms with van der Waals surface area (Å²) >= 11 is 0. The van der Waals surface area contributed by atoms with Gasteiger partial charge in [0, 0.05) is 0 Å². The monoisotopic (exact) mass is 156 g/mol. The first-order chi connectivity index (χ1) is 4.90. The molecular weight excluding hydrogens is 140 g/mol. The maximum Gasteiger partial charge on any atom is 0.115 e. The summed E-state index contributed by atoms with van der Waals surface area (Å²) in [5.74, 6) is 0. The van der Waals surface area contributed by atoms with Crippen LogP contribution in [0.3, 0.4) is 0 Å². The summed E-state index contributed by atoms with van der Waals surface area (Å²) in [5, 5.41) is 9.79. The van der Waals surface area contributed by atoms with E-state index in [1.807, 2.05) is 13.8 Å². The first-order valence-corrected chi connectivity index (χ1v) is 3.91. The van der Waals surface area contributed by atoms with Crippen LogP contribution in [-0.4, -0.2) is 22.4 Å². The van der Waals surface area contributed by atoms with Crippen LogP contribution in [0.2, 0.25) is 0 Å². The molecule has 2 unspecified atom stereocenters. The van der Waals surface area contributed by atoms with Crippen LogP contribution in [0.1, 0.15) is 27.2 Å². The zero-order valence-electron chi connectivity index (χ0n) is 7.42. The maximum atomic E-state index is 9.79. The van der Waals surface area contributed by atoms with Gasteiger partial charge in [-0.15, -0.1) is 6.58 Å². The molecule has 0 spiro atoms. The van der Waals surface area contributed by atoms with Crippen LogP contribution in [-0.2, 0) is 4.74 Å². The molecule has 1 saturated heterocycles. The Morgan fingerprint density at radius 3 is 2.45 bits per heavy atom. The van der Waals surface area contributed by atoms with Gasteiger partial charge in [0.2, 0.25) is 0 Å². The zero-order chi connectivity index (χ0) is 8.70. The van der Waals surface area contributed by atoms with Crippen molar-refractivity contribution in [2.45, 2.75) is 44.5 Å². The van der Waals surface area contributed by atoms with Crippen molar-refractivity contribution >= 4 is 0 Å². The maximum absolute atomic E-state index is 9.79. The predicted octanol–water partition coefficient (Wildman–Crippen LogP) is 1.49. The van der Waals surface area contributed by atoms with Gasteiger partial charge >= 0.3 is 0 Å². The van der Waals surface area contributed by atoms with Crippen molar-refractivity contribution in [3.63, 3.8) is 0 Å². The SMILES string of the molecule is C=CCC(C)(O)C1OC1(C)C. The molecule has 11 heavy (non-hydrogen) atoms. The molecule has 0 aromatic heterocycles. The molecule has 0 aliphatic carbocycles. The van der Waals surface area contributed by atoms with Crippen molar-refractivity contribution < 1.29 is 9.84 Å². The molecule has 1 aliphatic rings. The number of rotatable bonds is 3. The Morgan fingerprint density at radius 1 is 1.73 bits per heavy atom. The Balaban J connectivity index is 2.54. The third-order valence-corrected chi connectivity index (χ3v) is 2.12. The Labute approximate surface area is 67.9 Å². The van der Waals surface area contributed by atoms with E-state index < -0.39 is 5.60 Å². The minimum Gasteiger partial charge on any atom is -0.387 e. The molecule has 1 fully saturated rings. The molecule has 1 N–H and O–H groups in total. The number of hydrogen-bond donors (Lipinski definition) is 1. The van der Waals surface area contributed by atoms with E-state index in [-0.39, 0.29) is 11.7 Å². The van der Waals surface area contributed by atoms with Crippen molar-refractivity contribution in [3.8, 4) is 0 Å². The Morgan fingerprint density at radius 2 is 2.18 bits per heavy atom. The zero-order valence-corrected chi connectivity index (χ0v) is 7.42. The highest BCUT2D eigenvalue weighted by Gasteiger charge is 2.57. The van der Waals surface area contributed by atoms with E-state index >= 15 is 0 Å². The number of ether oxygens (including phenoxy) is 1. The molecule has 1 aliphatic heterocycles.